The maximum absolute atomic E-state index is 6.08. The van der Waals surface area contributed by atoms with Crippen LogP contribution in [0.3, 0.4) is 0 Å². The van der Waals surface area contributed by atoms with Gasteiger partial charge in [-0.25, -0.2) is 0 Å². The van der Waals surface area contributed by atoms with Crippen molar-refractivity contribution in [1.82, 2.24) is 5.32 Å². The molecule has 1 aromatic rings. The Hall–Kier alpha value is -1.22. The van der Waals surface area contributed by atoms with Crippen LogP contribution in [0.25, 0.3) is 0 Å². The second kappa shape index (κ2) is 4.34. The van der Waals surface area contributed by atoms with E-state index in [1.807, 2.05) is 6.07 Å². The first-order chi connectivity index (χ1) is 7.56. The molecule has 3 heteroatoms. The van der Waals surface area contributed by atoms with Gasteiger partial charge in [0.1, 0.15) is 0 Å². The van der Waals surface area contributed by atoms with Crippen LogP contribution in [0.15, 0.2) is 18.2 Å². The Morgan fingerprint density at radius 1 is 1.25 bits per heavy atom. The molecule has 16 heavy (non-hydrogen) atoms. The lowest BCUT2D eigenvalue weighted by molar-refractivity contribution is 0.407. The largest absolute Gasteiger partial charge is 0.397 e. The van der Waals surface area contributed by atoms with Crippen molar-refractivity contribution in [3.05, 3.63) is 23.8 Å². The summed E-state index contributed by atoms with van der Waals surface area (Å²) in [6.45, 7) is 8.55. The molecule has 0 spiro atoms. The predicted octanol–water partition coefficient (Wildman–Crippen LogP) is 1.76. The second-order valence-electron chi connectivity index (χ2n) is 4.94. The highest BCUT2D eigenvalue weighted by Gasteiger charge is 2.22. The minimum absolute atomic E-state index is 0.518. The van der Waals surface area contributed by atoms with Crippen LogP contribution in [0.5, 0.6) is 0 Å². The van der Waals surface area contributed by atoms with Gasteiger partial charge in [0.05, 0.1) is 11.4 Å². The number of aryl methyl sites for hydroxylation is 1. The summed E-state index contributed by atoms with van der Waals surface area (Å²) in [4.78, 5) is 2.38. The summed E-state index contributed by atoms with van der Waals surface area (Å²) in [5, 5.41) is 3.53. The highest BCUT2D eigenvalue weighted by Crippen LogP contribution is 2.25. The third kappa shape index (κ3) is 2.30. The van der Waals surface area contributed by atoms with E-state index < -0.39 is 0 Å². The predicted molar refractivity (Wildman–Crippen MR) is 69.9 cm³/mol. The Labute approximate surface area is 97.6 Å². The first kappa shape index (κ1) is 11.3. The van der Waals surface area contributed by atoms with E-state index in [2.05, 4.69) is 43.1 Å². The molecule has 0 saturated carbocycles. The number of anilines is 2. The van der Waals surface area contributed by atoms with Crippen molar-refractivity contribution in [3.8, 4) is 0 Å². The van der Waals surface area contributed by atoms with Crippen LogP contribution in [0.2, 0.25) is 0 Å². The van der Waals surface area contributed by atoms with E-state index in [4.69, 9.17) is 5.73 Å². The van der Waals surface area contributed by atoms with Gasteiger partial charge in [0.15, 0.2) is 0 Å². The molecule has 2 unspecified atom stereocenters. The topological polar surface area (TPSA) is 41.3 Å². The molecule has 1 aliphatic rings. The number of nitrogen functional groups attached to an aromatic ring is 1. The fourth-order valence-electron chi connectivity index (χ4n) is 2.49. The Morgan fingerprint density at radius 3 is 2.44 bits per heavy atom. The normalized spacial score (nSPS) is 25.8. The molecule has 0 radical (unpaired) electrons. The summed E-state index contributed by atoms with van der Waals surface area (Å²) in [5.41, 5.74) is 9.36. The van der Waals surface area contributed by atoms with Crippen molar-refractivity contribution in [2.75, 3.05) is 23.7 Å². The maximum atomic E-state index is 6.08. The van der Waals surface area contributed by atoms with Gasteiger partial charge in [0, 0.05) is 25.2 Å². The van der Waals surface area contributed by atoms with E-state index in [0.29, 0.717) is 12.1 Å². The van der Waals surface area contributed by atoms with E-state index in [0.717, 1.165) is 18.8 Å². The van der Waals surface area contributed by atoms with Crippen LogP contribution in [0, 0.1) is 6.92 Å². The van der Waals surface area contributed by atoms with Gasteiger partial charge in [-0.3, -0.25) is 0 Å². The van der Waals surface area contributed by atoms with Gasteiger partial charge in [-0.15, -0.1) is 0 Å². The maximum Gasteiger partial charge on any atom is 0.0601 e. The molecule has 0 amide bonds. The lowest BCUT2D eigenvalue weighted by Gasteiger charge is -2.38. The molecule has 1 heterocycles. The molecular weight excluding hydrogens is 198 g/mol. The van der Waals surface area contributed by atoms with Gasteiger partial charge in [-0.05, 0) is 38.5 Å². The number of piperazine rings is 1. The fraction of sp³-hybridized carbons (Fsp3) is 0.538. The first-order valence-corrected chi connectivity index (χ1v) is 5.93. The monoisotopic (exact) mass is 219 g/mol. The Morgan fingerprint density at radius 2 is 1.88 bits per heavy atom. The molecule has 2 atom stereocenters. The number of rotatable bonds is 1. The molecule has 1 fully saturated rings. The zero-order valence-electron chi connectivity index (χ0n) is 10.3. The van der Waals surface area contributed by atoms with Crippen LogP contribution < -0.4 is 16.0 Å². The quantitative estimate of drug-likeness (QED) is 0.707. The van der Waals surface area contributed by atoms with Crippen LogP contribution in [-0.4, -0.2) is 25.2 Å². The van der Waals surface area contributed by atoms with Crippen LogP contribution in [-0.2, 0) is 0 Å². The average molecular weight is 219 g/mol. The van der Waals surface area contributed by atoms with Crippen LogP contribution in [0.4, 0.5) is 11.4 Å². The Bertz CT molecular complexity index is 365. The van der Waals surface area contributed by atoms with E-state index in [9.17, 15) is 0 Å². The van der Waals surface area contributed by atoms with Crippen molar-refractivity contribution in [3.63, 3.8) is 0 Å². The minimum atomic E-state index is 0.518. The molecule has 3 nitrogen and oxygen atoms in total. The molecule has 2 rings (SSSR count). The highest BCUT2D eigenvalue weighted by molar-refractivity contribution is 5.68. The van der Waals surface area contributed by atoms with Crippen LogP contribution in [0.1, 0.15) is 19.4 Å². The zero-order chi connectivity index (χ0) is 11.7. The van der Waals surface area contributed by atoms with E-state index >= 15 is 0 Å². The van der Waals surface area contributed by atoms with Crippen LogP contribution >= 0.6 is 0 Å². The van der Waals surface area contributed by atoms with Gasteiger partial charge in [-0.2, -0.15) is 0 Å². The number of hydrogen-bond acceptors (Lipinski definition) is 3. The smallest absolute Gasteiger partial charge is 0.0601 e. The van der Waals surface area contributed by atoms with Crippen molar-refractivity contribution < 1.29 is 0 Å². The van der Waals surface area contributed by atoms with Crippen molar-refractivity contribution in [1.29, 1.82) is 0 Å². The number of benzene rings is 1. The number of nitrogens with one attached hydrogen (secondary N) is 1. The van der Waals surface area contributed by atoms with E-state index in [1.54, 1.807) is 0 Å². The SMILES string of the molecule is Cc1ccc(N2CC(C)NC(C)C2)c(N)c1. The summed E-state index contributed by atoms with van der Waals surface area (Å²) >= 11 is 0. The lowest BCUT2D eigenvalue weighted by atomic mass is 10.1. The molecule has 0 bridgehead atoms. The summed E-state index contributed by atoms with van der Waals surface area (Å²) in [7, 11) is 0. The molecule has 0 aliphatic carbocycles. The molecule has 3 N–H and O–H groups in total. The summed E-state index contributed by atoms with van der Waals surface area (Å²) in [6, 6.07) is 7.35. The van der Waals surface area contributed by atoms with Gasteiger partial charge in [0.2, 0.25) is 0 Å². The van der Waals surface area contributed by atoms with Crippen molar-refractivity contribution >= 4 is 11.4 Å². The third-order valence-electron chi connectivity index (χ3n) is 3.08. The summed E-state index contributed by atoms with van der Waals surface area (Å²) < 4.78 is 0. The van der Waals surface area contributed by atoms with Gasteiger partial charge >= 0.3 is 0 Å². The number of nitrogens with zero attached hydrogens (tertiary/aromatic N) is 1. The average Bonchev–Trinajstić information content (AvgIpc) is 2.15. The molecule has 1 aromatic carbocycles. The lowest BCUT2D eigenvalue weighted by Crippen LogP contribution is -2.54. The van der Waals surface area contributed by atoms with Gasteiger partial charge in [-0.1, -0.05) is 6.07 Å². The molecule has 0 aromatic heterocycles. The Balaban J connectivity index is 2.23. The highest BCUT2D eigenvalue weighted by atomic mass is 15.2. The van der Waals surface area contributed by atoms with Crippen molar-refractivity contribution in [2.45, 2.75) is 32.9 Å². The molecular formula is C13H21N3. The summed E-state index contributed by atoms with van der Waals surface area (Å²) in [5.74, 6) is 0. The van der Waals surface area contributed by atoms with Gasteiger partial charge < -0.3 is 16.0 Å². The van der Waals surface area contributed by atoms with Crippen molar-refractivity contribution in [2.24, 2.45) is 0 Å². The summed E-state index contributed by atoms with van der Waals surface area (Å²) in [6.07, 6.45) is 0. The van der Waals surface area contributed by atoms with Gasteiger partial charge in [0.25, 0.3) is 0 Å². The molecule has 1 aliphatic heterocycles. The first-order valence-electron chi connectivity index (χ1n) is 5.93. The number of hydrogen-bond donors (Lipinski definition) is 2. The second-order valence-corrected chi connectivity index (χ2v) is 4.94. The molecule has 1 saturated heterocycles. The fourth-order valence-corrected chi connectivity index (χ4v) is 2.49. The molecule has 88 valence electrons. The number of nitrogens with two attached hydrogens (primary N) is 1. The minimum Gasteiger partial charge on any atom is -0.397 e. The standard InChI is InChI=1S/C13H21N3/c1-9-4-5-13(12(14)6-9)16-7-10(2)15-11(3)8-16/h4-6,10-11,15H,7-8,14H2,1-3H3. The van der Waals surface area contributed by atoms with E-state index in [-0.39, 0.29) is 0 Å². The van der Waals surface area contributed by atoms with E-state index in [1.165, 1.54) is 11.3 Å². The third-order valence-corrected chi connectivity index (χ3v) is 3.08. The Kier molecular flexibility index (Phi) is 3.06. The zero-order valence-corrected chi connectivity index (χ0v) is 10.3.